The molecule has 2 aromatic heterocycles. The highest BCUT2D eigenvalue weighted by atomic mass is 19.4. The third-order valence-corrected chi connectivity index (χ3v) is 5.79. The number of anilines is 1. The van der Waals surface area contributed by atoms with Gasteiger partial charge in [-0.25, -0.2) is 4.68 Å². The molecule has 0 amide bonds. The van der Waals surface area contributed by atoms with Crippen LogP contribution in [0.15, 0.2) is 53.5 Å². The number of aromatic nitrogens is 3. The zero-order chi connectivity index (χ0) is 21.8. The zero-order valence-corrected chi connectivity index (χ0v) is 16.8. The van der Waals surface area contributed by atoms with E-state index >= 15 is 0 Å². The maximum atomic E-state index is 13.8. The first-order valence-corrected chi connectivity index (χ1v) is 9.96. The summed E-state index contributed by atoms with van der Waals surface area (Å²) in [4.78, 5) is 21.4. The quantitative estimate of drug-likeness (QED) is 0.531. The molecule has 6 nitrogen and oxygen atoms in total. The second-order valence-electron chi connectivity index (χ2n) is 7.81. The molecule has 2 aromatic carbocycles. The molecule has 0 bridgehead atoms. The summed E-state index contributed by atoms with van der Waals surface area (Å²) in [6.45, 7) is 2.71. The van der Waals surface area contributed by atoms with Crippen LogP contribution in [0.5, 0.6) is 0 Å². The van der Waals surface area contributed by atoms with Crippen LogP contribution in [0.2, 0.25) is 0 Å². The number of rotatable bonds is 2. The van der Waals surface area contributed by atoms with Gasteiger partial charge in [0.2, 0.25) is 0 Å². The minimum absolute atomic E-state index is 0.250. The number of fused-ring (bicyclic) bond motifs is 3. The van der Waals surface area contributed by atoms with Gasteiger partial charge < -0.3 is 9.80 Å². The molecule has 0 radical (unpaired) electrons. The summed E-state index contributed by atoms with van der Waals surface area (Å²) in [6, 6.07) is 11.2. The average molecular weight is 427 g/mol. The van der Waals surface area contributed by atoms with Gasteiger partial charge in [-0.2, -0.15) is 13.2 Å². The molecule has 1 aliphatic rings. The second-order valence-corrected chi connectivity index (χ2v) is 7.81. The summed E-state index contributed by atoms with van der Waals surface area (Å²) in [5.41, 5.74) is 0.730. The summed E-state index contributed by atoms with van der Waals surface area (Å²) in [5, 5.41) is 3.54. The van der Waals surface area contributed by atoms with Crippen molar-refractivity contribution in [3.63, 3.8) is 0 Å². The first kappa shape index (κ1) is 19.6. The topological polar surface area (TPSA) is 57.2 Å². The van der Waals surface area contributed by atoms with Crippen molar-refractivity contribution in [3.8, 4) is 5.69 Å². The van der Waals surface area contributed by atoms with Crippen LogP contribution in [0, 0.1) is 0 Å². The van der Waals surface area contributed by atoms with E-state index in [0.717, 1.165) is 19.2 Å². The Kier molecular flexibility index (Phi) is 4.51. The Bertz CT molecular complexity index is 1320. The van der Waals surface area contributed by atoms with Gasteiger partial charge in [0.15, 0.2) is 0 Å². The normalized spacial score (nSPS) is 15.8. The Labute approximate surface area is 175 Å². The van der Waals surface area contributed by atoms with Gasteiger partial charge in [0.05, 0.1) is 33.4 Å². The Morgan fingerprint density at radius 3 is 2.39 bits per heavy atom. The number of aromatic amines is 1. The average Bonchev–Trinajstić information content (AvgIpc) is 3.10. The van der Waals surface area contributed by atoms with Crippen LogP contribution in [0.1, 0.15) is 5.56 Å². The Morgan fingerprint density at radius 2 is 1.71 bits per heavy atom. The number of alkyl halides is 3. The van der Waals surface area contributed by atoms with Gasteiger partial charge in [-0.15, -0.1) is 0 Å². The lowest BCUT2D eigenvalue weighted by Crippen LogP contribution is -2.44. The predicted molar refractivity (Wildman–Crippen MR) is 114 cm³/mol. The molecule has 0 spiro atoms. The SMILES string of the molecule is CN1CCN(c2cc(C(F)(F)F)cc3c2ncc2c(=O)n(-c4ccccc4)[nH]c23)CC1. The lowest BCUT2D eigenvalue weighted by Gasteiger charge is -2.34. The van der Waals surface area contributed by atoms with E-state index in [2.05, 4.69) is 15.0 Å². The van der Waals surface area contributed by atoms with E-state index in [9.17, 15) is 18.0 Å². The highest BCUT2D eigenvalue weighted by Gasteiger charge is 2.33. The maximum absolute atomic E-state index is 13.8. The summed E-state index contributed by atoms with van der Waals surface area (Å²) in [7, 11) is 1.99. The number of piperazine rings is 1. The molecule has 0 saturated carbocycles. The standard InChI is InChI=1S/C22H20F3N5O/c1-28-7-9-29(10-8-28)18-12-14(22(23,24)25)11-16-19-17(13-26-20(16)18)21(31)30(27-19)15-5-3-2-4-6-15/h2-6,11-13,27H,7-10H2,1H3. The van der Waals surface area contributed by atoms with E-state index in [1.165, 1.54) is 16.9 Å². The lowest BCUT2D eigenvalue weighted by atomic mass is 10.1. The summed E-state index contributed by atoms with van der Waals surface area (Å²) in [5.74, 6) is 0. The third kappa shape index (κ3) is 3.34. The van der Waals surface area contributed by atoms with Crippen molar-refractivity contribution in [1.82, 2.24) is 19.7 Å². The van der Waals surface area contributed by atoms with Crippen molar-refractivity contribution < 1.29 is 13.2 Å². The lowest BCUT2D eigenvalue weighted by molar-refractivity contribution is -0.137. The highest BCUT2D eigenvalue weighted by Crippen LogP contribution is 2.38. The third-order valence-electron chi connectivity index (χ3n) is 5.79. The molecule has 0 atom stereocenters. The predicted octanol–water partition coefficient (Wildman–Crippen LogP) is 3.64. The van der Waals surface area contributed by atoms with Crippen LogP contribution in [0.3, 0.4) is 0 Å². The van der Waals surface area contributed by atoms with Gasteiger partial charge in [0.25, 0.3) is 5.56 Å². The minimum Gasteiger partial charge on any atom is -0.367 e. The number of para-hydroxylation sites is 1. The van der Waals surface area contributed by atoms with Crippen LogP contribution in [0.4, 0.5) is 18.9 Å². The molecule has 0 aliphatic carbocycles. The fraction of sp³-hybridized carbons (Fsp3) is 0.273. The minimum atomic E-state index is -4.51. The number of nitrogens with one attached hydrogen (secondary N) is 1. The maximum Gasteiger partial charge on any atom is 0.416 e. The molecule has 5 rings (SSSR count). The molecule has 4 aromatic rings. The van der Waals surface area contributed by atoms with Crippen LogP contribution >= 0.6 is 0 Å². The van der Waals surface area contributed by atoms with Crippen LogP contribution in [0.25, 0.3) is 27.5 Å². The number of halogens is 3. The van der Waals surface area contributed by atoms with Crippen molar-refractivity contribution in [1.29, 1.82) is 0 Å². The summed E-state index contributed by atoms with van der Waals surface area (Å²) < 4.78 is 42.6. The molecule has 3 heterocycles. The monoisotopic (exact) mass is 427 g/mol. The van der Waals surface area contributed by atoms with E-state index < -0.39 is 11.7 Å². The summed E-state index contributed by atoms with van der Waals surface area (Å²) >= 11 is 0. The van der Waals surface area contributed by atoms with Crippen molar-refractivity contribution in [2.24, 2.45) is 0 Å². The fourth-order valence-electron chi connectivity index (χ4n) is 4.06. The molecule has 31 heavy (non-hydrogen) atoms. The van der Waals surface area contributed by atoms with Gasteiger partial charge in [-0.1, -0.05) is 18.2 Å². The molecular formula is C22H20F3N5O. The molecule has 1 fully saturated rings. The van der Waals surface area contributed by atoms with Gasteiger partial charge in [-0.05, 0) is 31.3 Å². The molecule has 9 heteroatoms. The number of nitrogens with zero attached hydrogens (tertiary/aromatic N) is 4. The van der Waals surface area contributed by atoms with Gasteiger partial charge in [0.1, 0.15) is 0 Å². The Balaban J connectivity index is 1.78. The van der Waals surface area contributed by atoms with E-state index in [1.54, 1.807) is 24.3 Å². The van der Waals surface area contributed by atoms with Gasteiger partial charge in [-0.3, -0.25) is 14.9 Å². The Hall–Kier alpha value is -3.33. The fourth-order valence-corrected chi connectivity index (χ4v) is 4.06. The van der Waals surface area contributed by atoms with Crippen molar-refractivity contribution in [3.05, 3.63) is 64.6 Å². The van der Waals surface area contributed by atoms with Gasteiger partial charge >= 0.3 is 6.18 Å². The summed E-state index contributed by atoms with van der Waals surface area (Å²) in [6.07, 6.45) is -3.07. The largest absolute Gasteiger partial charge is 0.416 e. The van der Waals surface area contributed by atoms with Crippen LogP contribution in [-0.4, -0.2) is 52.9 Å². The van der Waals surface area contributed by atoms with E-state index in [1.807, 2.05) is 18.0 Å². The van der Waals surface area contributed by atoms with E-state index in [-0.39, 0.29) is 16.3 Å². The number of hydrogen-bond acceptors (Lipinski definition) is 4. The first-order valence-electron chi connectivity index (χ1n) is 9.96. The molecule has 0 unspecified atom stereocenters. The smallest absolute Gasteiger partial charge is 0.367 e. The van der Waals surface area contributed by atoms with Gasteiger partial charge in [0, 0.05) is 37.8 Å². The molecule has 1 saturated heterocycles. The number of hydrogen-bond donors (Lipinski definition) is 1. The molecule has 1 aliphatic heterocycles. The van der Waals surface area contributed by atoms with Crippen LogP contribution < -0.4 is 10.5 Å². The molecule has 1 N–H and O–H groups in total. The van der Waals surface area contributed by atoms with Crippen molar-refractivity contribution in [2.45, 2.75) is 6.18 Å². The van der Waals surface area contributed by atoms with Crippen LogP contribution in [-0.2, 0) is 6.18 Å². The molecular weight excluding hydrogens is 407 g/mol. The highest BCUT2D eigenvalue weighted by molar-refractivity contribution is 6.07. The zero-order valence-electron chi connectivity index (χ0n) is 16.8. The van der Waals surface area contributed by atoms with E-state index in [0.29, 0.717) is 35.5 Å². The van der Waals surface area contributed by atoms with Crippen molar-refractivity contribution in [2.75, 3.05) is 38.1 Å². The number of likely N-dealkylation sites (N-methyl/N-ethyl adjacent to an activating group) is 1. The number of pyridine rings is 1. The first-order chi connectivity index (χ1) is 14.8. The Morgan fingerprint density at radius 1 is 1.00 bits per heavy atom. The van der Waals surface area contributed by atoms with Crippen molar-refractivity contribution >= 4 is 27.5 Å². The molecule has 160 valence electrons. The second kappa shape index (κ2) is 7.12. The number of benzene rings is 2. The number of H-pyrrole nitrogens is 1. The van der Waals surface area contributed by atoms with E-state index in [4.69, 9.17) is 0 Å².